The van der Waals surface area contributed by atoms with Crippen molar-refractivity contribution in [3.63, 3.8) is 0 Å². The molecule has 0 bridgehead atoms. The van der Waals surface area contributed by atoms with E-state index in [0.717, 1.165) is 42.5 Å². The van der Waals surface area contributed by atoms with Crippen molar-refractivity contribution in [2.24, 2.45) is 0 Å². The third kappa shape index (κ3) is 3.31. The lowest BCUT2D eigenvalue weighted by molar-refractivity contribution is 0.906. The molecule has 0 fully saturated rings. The van der Waals surface area contributed by atoms with Gasteiger partial charge in [0.1, 0.15) is 5.82 Å². The molecule has 0 aliphatic rings. The maximum Gasteiger partial charge on any atom is 0.129 e. The number of hydrogen-bond acceptors (Lipinski definition) is 2. The van der Waals surface area contributed by atoms with Crippen LogP contribution in [0, 0.1) is 0 Å². The van der Waals surface area contributed by atoms with Crippen LogP contribution in [0.25, 0.3) is 10.9 Å². The number of benzene rings is 1. The minimum atomic E-state index is 0.620. The summed E-state index contributed by atoms with van der Waals surface area (Å²) in [5, 5.41) is 5.63. The van der Waals surface area contributed by atoms with Gasteiger partial charge in [-0.15, -0.1) is 0 Å². The van der Waals surface area contributed by atoms with Crippen LogP contribution in [0.3, 0.4) is 0 Å². The largest absolute Gasteiger partial charge is 0.370 e. The average Bonchev–Trinajstić information content (AvgIpc) is 2.37. The molecular formula is C15H18Cl2N2. The summed E-state index contributed by atoms with van der Waals surface area (Å²) in [4.78, 5) is 4.67. The van der Waals surface area contributed by atoms with Gasteiger partial charge in [0.2, 0.25) is 0 Å². The minimum Gasteiger partial charge on any atom is -0.370 e. The van der Waals surface area contributed by atoms with Crippen LogP contribution in [0.2, 0.25) is 10.0 Å². The topological polar surface area (TPSA) is 24.9 Å². The fourth-order valence-electron chi connectivity index (χ4n) is 2.10. The highest BCUT2D eigenvalue weighted by molar-refractivity contribution is 6.38. The second-order valence-electron chi connectivity index (χ2n) is 4.63. The number of pyridine rings is 1. The molecule has 0 amide bonds. The van der Waals surface area contributed by atoms with Crippen LogP contribution >= 0.6 is 23.2 Å². The molecule has 2 nitrogen and oxygen atoms in total. The predicted octanol–water partition coefficient (Wildman–Crippen LogP) is 5.32. The highest BCUT2D eigenvalue weighted by atomic mass is 35.5. The van der Waals surface area contributed by atoms with Gasteiger partial charge in [0, 0.05) is 17.0 Å². The lowest BCUT2D eigenvalue weighted by Gasteiger charge is -2.12. The van der Waals surface area contributed by atoms with Gasteiger partial charge in [-0.1, -0.05) is 43.5 Å². The first-order chi connectivity index (χ1) is 9.15. The van der Waals surface area contributed by atoms with E-state index in [4.69, 9.17) is 23.2 Å². The van der Waals surface area contributed by atoms with Crippen molar-refractivity contribution in [3.8, 4) is 0 Å². The molecule has 2 aromatic rings. The molecule has 1 heterocycles. The monoisotopic (exact) mass is 296 g/mol. The Morgan fingerprint density at radius 3 is 2.58 bits per heavy atom. The zero-order valence-electron chi connectivity index (χ0n) is 11.3. The van der Waals surface area contributed by atoms with Crippen LogP contribution in [0.1, 0.15) is 32.3 Å². The summed E-state index contributed by atoms with van der Waals surface area (Å²) in [6, 6.07) is 5.75. The molecule has 0 saturated carbocycles. The van der Waals surface area contributed by atoms with E-state index in [9.17, 15) is 0 Å². The molecule has 0 aliphatic carbocycles. The van der Waals surface area contributed by atoms with E-state index in [0.29, 0.717) is 10.0 Å². The highest BCUT2D eigenvalue weighted by Crippen LogP contribution is 2.30. The van der Waals surface area contributed by atoms with Crippen LogP contribution in [-0.4, -0.2) is 11.5 Å². The van der Waals surface area contributed by atoms with Gasteiger partial charge >= 0.3 is 0 Å². The first kappa shape index (κ1) is 14.4. The molecule has 102 valence electrons. The number of nitrogens with one attached hydrogen (secondary N) is 1. The Labute approximate surface area is 124 Å². The number of aryl methyl sites for hydroxylation is 1. The zero-order valence-corrected chi connectivity index (χ0v) is 12.8. The molecule has 1 aromatic heterocycles. The summed E-state index contributed by atoms with van der Waals surface area (Å²) < 4.78 is 0. The molecule has 1 N–H and O–H groups in total. The fraction of sp³-hybridized carbons (Fsp3) is 0.400. The number of nitrogens with zero attached hydrogens (tertiary/aromatic N) is 1. The number of fused-ring (bicyclic) bond motifs is 1. The van der Waals surface area contributed by atoms with Crippen LogP contribution in [0.4, 0.5) is 5.82 Å². The molecule has 1 aromatic carbocycles. The number of aromatic nitrogens is 1. The van der Waals surface area contributed by atoms with Gasteiger partial charge in [0.05, 0.1) is 10.5 Å². The maximum atomic E-state index is 6.25. The molecule has 4 heteroatoms. The van der Waals surface area contributed by atoms with Crippen LogP contribution in [-0.2, 0) is 6.42 Å². The van der Waals surface area contributed by atoms with Gasteiger partial charge in [-0.2, -0.15) is 0 Å². The normalized spacial score (nSPS) is 10.9. The second kappa shape index (κ2) is 6.44. The molecule has 0 aliphatic heterocycles. The van der Waals surface area contributed by atoms with E-state index in [-0.39, 0.29) is 0 Å². The Balaban J connectivity index is 2.55. The predicted molar refractivity (Wildman–Crippen MR) is 84.5 cm³/mol. The van der Waals surface area contributed by atoms with Crippen LogP contribution < -0.4 is 5.32 Å². The van der Waals surface area contributed by atoms with E-state index < -0.39 is 0 Å². The van der Waals surface area contributed by atoms with Gasteiger partial charge < -0.3 is 5.32 Å². The van der Waals surface area contributed by atoms with E-state index in [1.807, 2.05) is 6.07 Å². The molecule has 0 saturated heterocycles. The maximum absolute atomic E-state index is 6.25. The Morgan fingerprint density at radius 1 is 1.11 bits per heavy atom. The van der Waals surface area contributed by atoms with Crippen molar-refractivity contribution in [2.45, 2.75) is 33.1 Å². The standard InChI is InChI=1S/C15H18Cl2N2/c1-3-5-10-7-12-13(17)8-11(16)9-14(12)19-15(10)18-6-4-2/h7-9H,3-6H2,1-2H3,(H,18,19). The molecule has 0 spiro atoms. The molecule has 0 unspecified atom stereocenters. The van der Waals surface area contributed by atoms with E-state index >= 15 is 0 Å². The third-order valence-corrected chi connectivity index (χ3v) is 3.52. The molecule has 0 atom stereocenters. The van der Waals surface area contributed by atoms with Crippen LogP contribution in [0.15, 0.2) is 18.2 Å². The van der Waals surface area contributed by atoms with Crippen molar-refractivity contribution >= 4 is 39.9 Å². The van der Waals surface area contributed by atoms with Crippen molar-refractivity contribution in [3.05, 3.63) is 33.8 Å². The van der Waals surface area contributed by atoms with Crippen molar-refractivity contribution in [1.29, 1.82) is 0 Å². The number of anilines is 1. The number of halogens is 2. The Hall–Kier alpha value is -0.990. The fourth-order valence-corrected chi connectivity index (χ4v) is 2.64. The van der Waals surface area contributed by atoms with E-state index in [1.165, 1.54) is 5.56 Å². The van der Waals surface area contributed by atoms with Gasteiger partial charge in [-0.05, 0) is 36.6 Å². The lowest BCUT2D eigenvalue weighted by Crippen LogP contribution is -2.05. The van der Waals surface area contributed by atoms with E-state index in [2.05, 4.69) is 30.2 Å². The van der Waals surface area contributed by atoms with Gasteiger partial charge in [0.15, 0.2) is 0 Å². The highest BCUT2D eigenvalue weighted by Gasteiger charge is 2.09. The van der Waals surface area contributed by atoms with Gasteiger partial charge in [-0.3, -0.25) is 0 Å². The summed E-state index contributed by atoms with van der Waals surface area (Å²) in [6.07, 6.45) is 3.15. The zero-order chi connectivity index (χ0) is 13.8. The first-order valence-corrected chi connectivity index (χ1v) is 7.43. The summed E-state index contributed by atoms with van der Waals surface area (Å²) in [5.41, 5.74) is 2.06. The average molecular weight is 297 g/mol. The number of rotatable bonds is 5. The smallest absolute Gasteiger partial charge is 0.129 e. The quantitative estimate of drug-likeness (QED) is 0.808. The van der Waals surface area contributed by atoms with Gasteiger partial charge in [-0.25, -0.2) is 4.98 Å². The minimum absolute atomic E-state index is 0.620. The summed E-state index contributed by atoms with van der Waals surface area (Å²) in [5.74, 6) is 0.953. The molecule has 2 rings (SSSR count). The molecule has 19 heavy (non-hydrogen) atoms. The Bertz CT molecular complexity index is 582. The van der Waals surface area contributed by atoms with Crippen molar-refractivity contribution in [1.82, 2.24) is 4.98 Å². The Kier molecular flexibility index (Phi) is 4.89. The van der Waals surface area contributed by atoms with Crippen molar-refractivity contribution in [2.75, 3.05) is 11.9 Å². The molecule has 0 radical (unpaired) electrons. The first-order valence-electron chi connectivity index (χ1n) is 6.68. The molecular weight excluding hydrogens is 279 g/mol. The number of hydrogen-bond donors (Lipinski definition) is 1. The van der Waals surface area contributed by atoms with Crippen molar-refractivity contribution < 1.29 is 0 Å². The van der Waals surface area contributed by atoms with Gasteiger partial charge in [0.25, 0.3) is 0 Å². The third-order valence-electron chi connectivity index (χ3n) is 2.99. The summed E-state index contributed by atoms with van der Waals surface area (Å²) >= 11 is 12.3. The van der Waals surface area contributed by atoms with E-state index in [1.54, 1.807) is 6.07 Å². The van der Waals surface area contributed by atoms with Crippen LogP contribution in [0.5, 0.6) is 0 Å². The lowest BCUT2D eigenvalue weighted by atomic mass is 10.1. The SMILES string of the molecule is CCCNc1nc2cc(Cl)cc(Cl)c2cc1CCC. The Morgan fingerprint density at radius 2 is 1.89 bits per heavy atom. The summed E-state index contributed by atoms with van der Waals surface area (Å²) in [7, 11) is 0. The second-order valence-corrected chi connectivity index (χ2v) is 5.47. The summed E-state index contributed by atoms with van der Waals surface area (Å²) in [6.45, 7) is 5.22.